The van der Waals surface area contributed by atoms with Gasteiger partial charge in [-0.1, -0.05) is 24.3 Å². The van der Waals surface area contributed by atoms with E-state index in [0.29, 0.717) is 19.1 Å². The average molecular weight is 264 g/mol. The standard InChI is InChI=1S/C15H24N2O2/c1-19-9-8-17(14-6-7-14)11-15(18)13-4-2-12(10-16)3-5-13/h2-5,14-15,18H,6-11,16H2,1H3. The number of hydrogen-bond donors (Lipinski definition) is 2. The van der Waals surface area contributed by atoms with Crippen molar-refractivity contribution in [1.29, 1.82) is 0 Å². The second-order valence-electron chi connectivity index (χ2n) is 5.18. The molecular formula is C15H24N2O2. The summed E-state index contributed by atoms with van der Waals surface area (Å²) in [6, 6.07) is 8.53. The van der Waals surface area contributed by atoms with Crippen LogP contribution in [0.3, 0.4) is 0 Å². The van der Waals surface area contributed by atoms with Crippen LogP contribution in [-0.4, -0.2) is 42.9 Å². The van der Waals surface area contributed by atoms with Crippen LogP contribution in [-0.2, 0) is 11.3 Å². The smallest absolute Gasteiger partial charge is 0.0917 e. The molecule has 1 aliphatic rings. The summed E-state index contributed by atoms with van der Waals surface area (Å²) in [5.74, 6) is 0. The molecule has 0 heterocycles. The summed E-state index contributed by atoms with van der Waals surface area (Å²) in [6.45, 7) is 2.82. The van der Waals surface area contributed by atoms with Crippen LogP contribution in [0.5, 0.6) is 0 Å². The van der Waals surface area contributed by atoms with Gasteiger partial charge in [-0.05, 0) is 24.0 Å². The van der Waals surface area contributed by atoms with E-state index in [1.54, 1.807) is 7.11 Å². The highest BCUT2D eigenvalue weighted by molar-refractivity contribution is 5.24. The van der Waals surface area contributed by atoms with Gasteiger partial charge in [-0.2, -0.15) is 0 Å². The molecular weight excluding hydrogens is 240 g/mol. The van der Waals surface area contributed by atoms with Gasteiger partial charge in [-0.25, -0.2) is 0 Å². The Balaban J connectivity index is 1.91. The van der Waals surface area contributed by atoms with Gasteiger partial charge in [-0.3, -0.25) is 4.90 Å². The quantitative estimate of drug-likeness (QED) is 0.743. The van der Waals surface area contributed by atoms with Crippen molar-refractivity contribution in [2.45, 2.75) is 31.5 Å². The second kappa shape index (κ2) is 7.01. The minimum absolute atomic E-state index is 0.440. The monoisotopic (exact) mass is 264 g/mol. The lowest BCUT2D eigenvalue weighted by Gasteiger charge is -2.24. The van der Waals surface area contributed by atoms with Crippen LogP contribution in [0.25, 0.3) is 0 Å². The maximum Gasteiger partial charge on any atom is 0.0917 e. The molecule has 1 atom stereocenters. The number of methoxy groups -OCH3 is 1. The van der Waals surface area contributed by atoms with Crippen molar-refractivity contribution in [3.8, 4) is 0 Å². The van der Waals surface area contributed by atoms with Crippen LogP contribution >= 0.6 is 0 Å². The van der Waals surface area contributed by atoms with Gasteiger partial charge in [0, 0.05) is 32.8 Å². The Morgan fingerprint density at radius 1 is 1.37 bits per heavy atom. The fourth-order valence-electron chi connectivity index (χ4n) is 2.27. The Bertz CT molecular complexity index is 376. The molecule has 3 N–H and O–H groups in total. The van der Waals surface area contributed by atoms with Gasteiger partial charge in [0.25, 0.3) is 0 Å². The average Bonchev–Trinajstić information content (AvgIpc) is 3.28. The van der Waals surface area contributed by atoms with Crippen molar-refractivity contribution in [1.82, 2.24) is 4.90 Å². The van der Waals surface area contributed by atoms with Gasteiger partial charge >= 0.3 is 0 Å². The van der Waals surface area contributed by atoms with Crippen LogP contribution in [0.2, 0.25) is 0 Å². The lowest BCUT2D eigenvalue weighted by atomic mass is 10.1. The number of aliphatic hydroxyl groups is 1. The third-order valence-electron chi connectivity index (χ3n) is 3.65. The largest absolute Gasteiger partial charge is 0.387 e. The fourth-order valence-corrected chi connectivity index (χ4v) is 2.27. The van der Waals surface area contributed by atoms with E-state index in [2.05, 4.69) is 4.90 Å². The maximum absolute atomic E-state index is 10.3. The number of nitrogens with two attached hydrogens (primary N) is 1. The van der Waals surface area contributed by atoms with Crippen molar-refractivity contribution in [3.63, 3.8) is 0 Å². The molecule has 4 heteroatoms. The van der Waals surface area contributed by atoms with Crippen molar-refractivity contribution < 1.29 is 9.84 Å². The number of nitrogens with zero attached hydrogens (tertiary/aromatic N) is 1. The van der Waals surface area contributed by atoms with Crippen LogP contribution in [0.15, 0.2) is 24.3 Å². The third kappa shape index (κ3) is 4.28. The van der Waals surface area contributed by atoms with Crippen molar-refractivity contribution >= 4 is 0 Å². The molecule has 4 nitrogen and oxygen atoms in total. The van der Waals surface area contributed by atoms with Crippen LogP contribution in [0.1, 0.15) is 30.1 Å². The molecule has 0 spiro atoms. The second-order valence-corrected chi connectivity index (χ2v) is 5.18. The molecule has 2 rings (SSSR count). The summed E-state index contributed by atoms with van der Waals surface area (Å²) >= 11 is 0. The molecule has 0 aromatic heterocycles. The van der Waals surface area contributed by atoms with Crippen LogP contribution in [0, 0.1) is 0 Å². The van der Waals surface area contributed by atoms with Gasteiger partial charge in [-0.15, -0.1) is 0 Å². The minimum Gasteiger partial charge on any atom is -0.387 e. The van der Waals surface area contributed by atoms with E-state index < -0.39 is 6.10 Å². The number of benzene rings is 1. The molecule has 19 heavy (non-hydrogen) atoms. The highest BCUT2D eigenvalue weighted by Gasteiger charge is 2.30. The van der Waals surface area contributed by atoms with E-state index in [1.807, 2.05) is 24.3 Å². The fraction of sp³-hybridized carbons (Fsp3) is 0.600. The number of aliphatic hydroxyl groups excluding tert-OH is 1. The Labute approximate surface area is 115 Å². The zero-order chi connectivity index (χ0) is 13.7. The SMILES string of the molecule is COCCN(CC(O)c1ccc(CN)cc1)C1CC1. The summed E-state index contributed by atoms with van der Waals surface area (Å²) in [6.07, 6.45) is 2.04. The lowest BCUT2D eigenvalue weighted by molar-refractivity contribution is 0.0846. The predicted octanol–water partition coefficient (Wildman–Crippen LogP) is 1.29. The Hall–Kier alpha value is -0.940. The van der Waals surface area contributed by atoms with Gasteiger partial charge in [0.1, 0.15) is 0 Å². The molecule has 1 saturated carbocycles. The number of hydrogen-bond acceptors (Lipinski definition) is 4. The van der Waals surface area contributed by atoms with E-state index in [1.165, 1.54) is 12.8 Å². The first-order chi connectivity index (χ1) is 9.24. The molecule has 1 aromatic rings. The third-order valence-corrected chi connectivity index (χ3v) is 3.65. The highest BCUT2D eigenvalue weighted by Crippen LogP contribution is 2.28. The van der Waals surface area contributed by atoms with Crippen LogP contribution in [0.4, 0.5) is 0 Å². The van der Waals surface area contributed by atoms with Crippen LogP contribution < -0.4 is 5.73 Å². The summed E-state index contributed by atoms with van der Waals surface area (Å²) < 4.78 is 5.13. The lowest BCUT2D eigenvalue weighted by Crippen LogP contribution is -2.33. The molecule has 1 fully saturated rings. The van der Waals surface area contributed by atoms with Crippen molar-refractivity contribution in [3.05, 3.63) is 35.4 Å². The minimum atomic E-state index is -0.440. The van der Waals surface area contributed by atoms with Crippen molar-refractivity contribution in [2.24, 2.45) is 5.73 Å². The predicted molar refractivity (Wildman–Crippen MR) is 75.8 cm³/mol. The first kappa shape index (κ1) is 14.5. The van der Waals surface area contributed by atoms with E-state index in [-0.39, 0.29) is 0 Å². The van der Waals surface area contributed by atoms with E-state index >= 15 is 0 Å². The molecule has 1 aliphatic carbocycles. The maximum atomic E-state index is 10.3. The molecule has 1 aromatic carbocycles. The molecule has 106 valence electrons. The highest BCUT2D eigenvalue weighted by atomic mass is 16.5. The normalized spacial score (nSPS) is 16.8. The molecule has 0 amide bonds. The first-order valence-electron chi connectivity index (χ1n) is 6.94. The Morgan fingerprint density at radius 3 is 2.58 bits per heavy atom. The summed E-state index contributed by atoms with van der Waals surface area (Å²) in [7, 11) is 1.72. The van der Waals surface area contributed by atoms with E-state index in [0.717, 1.165) is 24.3 Å². The Morgan fingerprint density at radius 2 is 2.05 bits per heavy atom. The van der Waals surface area contributed by atoms with Crippen molar-refractivity contribution in [2.75, 3.05) is 26.8 Å². The molecule has 0 radical (unpaired) electrons. The summed E-state index contributed by atoms with van der Waals surface area (Å²) in [5, 5.41) is 10.3. The molecule has 0 bridgehead atoms. The molecule has 0 saturated heterocycles. The zero-order valence-corrected chi connectivity index (χ0v) is 11.6. The summed E-state index contributed by atoms with van der Waals surface area (Å²) in [5.41, 5.74) is 7.63. The van der Waals surface area contributed by atoms with Gasteiger partial charge in [0.2, 0.25) is 0 Å². The first-order valence-corrected chi connectivity index (χ1v) is 6.94. The van der Waals surface area contributed by atoms with Gasteiger partial charge in [0.15, 0.2) is 0 Å². The number of ether oxygens (including phenoxy) is 1. The van der Waals surface area contributed by atoms with E-state index in [4.69, 9.17) is 10.5 Å². The Kier molecular flexibility index (Phi) is 5.34. The topological polar surface area (TPSA) is 58.7 Å². The number of rotatable bonds is 8. The molecule has 0 aliphatic heterocycles. The summed E-state index contributed by atoms with van der Waals surface area (Å²) in [4.78, 5) is 2.32. The van der Waals surface area contributed by atoms with Gasteiger partial charge < -0.3 is 15.6 Å². The zero-order valence-electron chi connectivity index (χ0n) is 11.6. The van der Waals surface area contributed by atoms with Gasteiger partial charge in [0.05, 0.1) is 12.7 Å². The molecule has 1 unspecified atom stereocenters. The van der Waals surface area contributed by atoms with E-state index in [9.17, 15) is 5.11 Å².